The molecule has 0 radical (unpaired) electrons. The van der Waals surface area contributed by atoms with Crippen LogP contribution in [0.5, 0.6) is 0 Å². The standard InChI is InChI=1S/C19H18ClN3O5S2/c1-12(17-21-22-18(28-17)16-5-3-11-29-16)27-19(24)15-4-2-10-23(15)30(25,26)14-8-6-13(20)7-9-14/h3,5-9,11-12,15H,2,4,10H2,1H3/t12-,15+/m1/s1. The van der Waals surface area contributed by atoms with Crippen molar-refractivity contribution in [1.82, 2.24) is 14.5 Å². The first-order valence-corrected chi connectivity index (χ1v) is 11.9. The normalized spacial score (nSPS) is 18.4. The number of nitrogens with zero attached hydrogens (tertiary/aromatic N) is 3. The number of aromatic nitrogens is 2. The maximum atomic E-state index is 13.0. The topological polar surface area (TPSA) is 103 Å². The van der Waals surface area contributed by atoms with Gasteiger partial charge < -0.3 is 9.15 Å². The lowest BCUT2D eigenvalue weighted by atomic mass is 10.2. The number of ether oxygens (including phenoxy) is 1. The van der Waals surface area contributed by atoms with Gasteiger partial charge in [0, 0.05) is 11.6 Å². The molecule has 3 heterocycles. The van der Waals surface area contributed by atoms with Crippen LogP contribution in [0.2, 0.25) is 5.02 Å². The van der Waals surface area contributed by atoms with E-state index >= 15 is 0 Å². The molecule has 0 saturated carbocycles. The zero-order chi connectivity index (χ0) is 21.3. The van der Waals surface area contributed by atoms with Gasteiger partial charge in [0.1, 0.15) is 6.04 Å². The van der Waals surface area contributed by atoms with E-state index < -0.39 is 28.1 Å². The smallest absolute Gasteiger partial charge is 0.325 e. The summed E-state index contributed by atoms with van der Waals surface area (Å²) in [6, 6.07) is 8.64. The van der Waals surface area contributed by atoms with Crippen molar-refractivity contribution in [3.8, 4) is 10.8 Å². The van der Waals surface area contributed by atoms with Gasteiger partial charge in [-0.2, -0.15) is 4.31 Å². The van der Waals surface area contributed by atoms with Crippen molar-refractivity contribution in [1.29, 1.82) is 0 Å². The third kappa shape index (κ3) is 4.13. The second-order valence-corrected chi connectivity index (χ2v) is 10.0. The highest BCUT2D eigenvalue weighted by Crippen LogP contribution is 2.30. The Morgan fingerprint density at radius 2 is 2.07 bits per heavy atom. The molecule has 0 N–H and O–H groups in total. The summed E-state index contributed by atoms with van der Waals surface area (Å²) in [5.41, 5.74) is 0. The summed E-state index contributed by atoms with van der Waals surface area (Å²) in [5, 5.41) is 10.2. The highest BCUT2D eigenvalue weighted by molar-refractivity contribution is 7.89. The summed E-state index contributed by atoms with van der Waals surface area (Å²) in [6.07, 6.45) is 0.131. The number of thiophene rings is 1. The molecule has 1 fully saturated rings. The van der Waals surface area contributed by atoms with E-state index in [1.807, 2.05) is 17.5 Å². The minimum atomic E-state index is -3.85. The van der Waals surface area contributed by atoms with E-state index in [0.29, 0.717) is 23.8 Å². The van der Waals surface area contributed by atoms with Crippen LogP contribution in [0.25, 0.3) is 10.8 Å². The van der Waals surface area contributed by atoms with Crippen LogP contribution in [0.15, 0.2) is 51.1 Å². The predicted molar refractivity (Wildman–Crippen MR) is 110 cm³/mol. The Kier molecular flexibility index (Phi) is 5.92. The summed E-state index contributed by atoms with van der Waals surface area (Å²) in [4.78, 5) is 13.7. The fourth-order valence-corrected chi connectivity index (χ4v) is 5.62. The van der Waals surface area contributed by atoms with E-state index in [2.05, 4.69) is 10.2 Å². The lowest BCUT2D eigenvalue weighted by Crippen LogP contribution is -2.41. The molecule has 1 saturated heterocycles. The Morgan fingerprint density at radius 3 is 2.77 bits per heavy atom. The van der Waals surface area contributed by atoms with Crippen molar-refractivity contribution < 1.29 is 22.4 Å². The third-order valence-corrected chi connectivity index (χ3v) is 7.74. The number of carbonyl (C=O) groups excluding carboxylic acids is 1. The molecule has 3 aromatic rings. The van der Waals surface area contributed by atoms with E-state index in [-0.39, 0.29) is 17.3 Å². The maximum absolute atomic E-state index is 13.0. The molecule has 30 heavy (non-hydrogen) atoms. The van der Waals surface area contributed by atoms with E-state index in [1.165, 1.54) is 39.9 Å². The fraction of sp³-hybridized carbons (Fsp3) is 0.316. The number of benzene rings is 1. The van der Waals surface area contributed by atoms with Crippen LogP contribution >= 0.6 is 22.9 Å². The molecule has 0 amide bonds. The summed E-state index contributed by atoms with van der Waals surface area (Å²) in [7, 11) is -3.85. The van der Waals surface area contributed by atoms with Gasteiger partial charge in [0.2, 0.25) is 10.0 Å². The Balaban J connectivity index is 1.48. The molecular weight excluding hydrogens is 450 g/mol. The maximum Gasteiger partial charge on any atom is 0.325 e. The van der Waals surface area contributed by atoms with E-state index in [0.717, 1.165) is 4.88 Å². The Morgan fingerprint density at radius 1 is 1.30 bits per heavy atom. The zero-order valence-electron chi connectivity index (χ0n) is 15.9. The Bertz CT molecular complexity index is 1130. The first-order valence-electron chi connectivity index (χ1n) is 9.21. The van der Waals surface area contributed by atoms with Gasteiger partial charge >= 0.3 is 5.97 Å². The van der Waals surface area contributed by atoms with Crippen LogP contribution in [0, 0.1) is 0 Å². The first kappa shape index (κ1) is 21.0. The minimum Gasteiger partial charge on any atom is -0.451 e. The van der Waals surface area contributed by atoms with E-state index in [9.17, 15) is 13.2 Å². The second kappa shape index (κ2) is 8.46. The third-order valence-electron chi connectivity index (χ3n) is 4.71. The van der Waals surface area contributed by atoms with E-state index in [1.54, 1.807) is 6.92 Å². The van der Waals surface area contributed by atoms with Crippen molar-refractivity contribution in [3.05, 3.63) is 52.7 Å². The molecule has 1 aliphatic rings. The van der Waals surface area contributed by atoms with Crippen molar-refractivity contribution in [2.24, 2.45) is 0 Å². The molecule has 0 aliphatic carbocycles. The first-order chi connectivity index (χ1) is 14.4. The van der Waals surface area contributed by atoms with Crippen molar-refractivity contribution in [2.45, 2.75) is 36.8 Å². The van der Waals surface area contributed by atoms with Crippen LogP contribution in [-0.2, 0) is 19.6 Å². The fourth-order valence-electron chi connectivity index (χ4n) is 3.21. The van der Waals surface area contributed by atoms with Gasteiger partial charge in [-0.25, -0.2) is 8.42 Å². The largest absolute Gasteiger partial charge is 0.451 e. The molecule has 158 valence electrons. The molecule has 8 nitrogen and oxygen atoms in total. The summed E-state index contributed by atoms with van der Waals surface area (Å²) >= 11 is 7.30. The molecule has 0 bridgehead atoms. The summed E-state index contributed by atoms with van der Waals surface area (Å²) in [5.74, 6) is -0.152. The average Bonchev–Trinajstić information content (AvgIpc) is 3.49. The average molecular weight is 468 g/mol. The van der Waals surface area contributed by atoms with Crippen molar-refractivity contribution in [3.63, 3.8) is 0 Å². The van der Waals surface area contributed by atoms with Gasteiger partial charge in [0.15, 0.2) is 6.10 Å². The Hall–Kier alpha value is -2.27. The SMILES string of the molecule is C[C@@H](OC(=O)[C@@H]1CCCN1S(=O)(=O)c1ccc(Cl)cc1)c1nnc(-c2cccs2)o1. The molecule has 11 heteroatoms. The van der Waals surface area contributed by atoms with E-state index in [4.69, 9.17) is 20.8 Å². The molecule has 1 aliphatic heterocycles. The lowest BCUT2D eigenvalue weighted by Gasteiger charge is -2.23. The number of carbonyl (C=O) groups is 1. The second-order valence-electron chi connectivity index (χ2n) is 6.73. The molecule has 0 unspecified atom stereocenters. The van der Waals surface area contributed by atoms with Gasteiger partial charge in [-0.1, -0.05) is 17.7 Å². The molecule has 4 rings (SSSR count). The van der Waals surface area contributed by atoms with Crippen LogP contribution in [0.3, 0.4) is 0 Å². The minimum absolute atomic E-state index is 0.0807. The number of esters is 1. The molecular formula is C19H18ClN3O5S2. The van der Waals surface area contributed by atoms with Gasteiger partial charge in [0.25, 0.3) is 11.8 Å². The quantitative estimate of drug-likeness (QED) is 0.506. The van der Waals surface area contributed by atoms with Crippen LogP contribution in [0.1, 0.15) is 31.8 Å². The summed E-state index contributed by atoms with van der Waals surface area (Å²) in [6.45, 7) is 1.85. The van der Waals surface area contributed by atoms with Gasteiger partial charge in [-0.3, -0.25) is 4.79 Å². The number of halogens is 1. The highest BCUT2D eigenvalue weighted by atomic mass is 35.5. The van der Waals surface area contributed by atoms with Crippen molar-refractivity contribution >= 4 is 38.9 Å². The molecule has 2 atom stereocenters. The van der Waals surface area contributed by atoms with Crippen molar-refractivity contribution in [2.75, 3.05) is 6.54 Å². The van der Waals surface area contributed by atoms with Crippen LogP contribution in [-0.4, -0.2) is 41.5 Å². The van der Waals surface area contributed by atoms with Gasteiger partial charge in [-0.05, 0) is 55.5 Å². The van der Waals surface area contributed by atoms with Gasteiger partial charge in [-0.15, -0.1) is 21.5 Å². The number of hydrogen-bond donors (Lipinski definition) is 0. The summed E-state index contributed by atoms with van der Waals surface area (Å²) < 4.78 is 38.2. The lowest BCUT2D eigenvalue weighted by molar-refractivity contribution is -0.153. The number of rotatable bonds is 6. The van der Waals surface area contributed by atoms with Gasteiger partial charge in [0.05, 0.1) is 9.77 Å². The predicted octanol–water partition coefficient (Wildman–Crippen LogP) is 3.91. The molecule has 2 aromatic heterocycles. The highest BCUT2D eigenvalue weighted by Gasteiger charge is 2.41. The number of sulfonamides is 1. The molecule has 1 aromatic carbocycles. The zero-order valence-corrected chi connectivity index (χ0v) is 18.3. The van der Waals surface area contributed by atoms with Crippen LogP contribution < -0.4 is 0 Å². The Labute approximate surface area is 182 Å². The molecule has 0 spiro atoms. The number of hydrogen-bond acceptors (Lipinski definition) is 8. The monoisotopic (exact) mass is 467 g/mol. The van der Waals surface area contributed by atoms with Crippen LogP contribution in [0.4, 0.5) is 0 Å².